The van der Waals surface area contributed by atoms with Crippen LogP contribution < -0.4 is 5.32 Å². The molecule has 0 radical (unpaired) electrons. The molecule has 1 fully saturated rings. The van der Waals surface area contributed by atoms with E-state index in [0.717, 1.165) is 18.9 Å². The maximum absolute atomic E-state index is 3.59. The van der Waals surface area contributed by atoms with E-state index in [1.165, 1.54) is 29.7 Å². The highest BCUT2D eigenvalue weighted by molar-refractivity contribution is 5.57. The number of nitrogens with one attached hydrogen (secondary N) is 1. The Kier molecular flexibility index (Phi) is 2.76. The molecule has 0 unspecified atom stereocenters. The van der Waals surface area contributed by atoms with Crippen molar-refractivity contribution < 1.29 is 0 Å². The first-order valence-electron chi connectivity index (χ1n) is 5.63. The lowest BCUT2D eigenvalue weighted by Gasteiger charge is -2.13. The van der Waals surface area contributed by atoms with Crippen LogP contribution in [0.25, 0.3) is 0 Å². The predicted molar refractivity (Wildman–Crippen MR) is 61.8 cm³/mol. The summed E-state index contributed by atoms with van der Waals surface area (Å²) in [5.74, 6) is 0.944. The fourth-order valence-corrected chi connectivity index (χ4v) is 1.84. The van der Waals surface area contributed by atoms with Gasteiger partial charge in [0, 0.05) is 12.2 Å². The molecule has 0 bridgehead atoms. The Bertz CT molecular complexity index is 313. The van der Waals surface area contributed by atoms with E-state index in [4.69, 9.17) is 0 Å². The van der Waals surface area contributed by atoms with Gasteiger partial charge >= 0.3 is 0 Å². The van der Waals surface area contributed by atoms with Gasteiger partial charge < -0.3 is 5.32 Å². The summed E-state index contributed by atoms with van der Waals surface area (Å²) in [4.78, 5) is 0. The van der Waals surface area contributed by atoms with Crippen LogP contribution in [0, 0.1) is 12.8 Å². The Labute approximate surface area is 86.5 Å². The number of rotatable bonds is 4. The van der Waals surface area contributed by atoms with Crippen LogP contribution in [0.3, 0.4) is 0 Å². The molecule has 2 rings (SSSR count). The summed E-state index contributed by atoms with van der Waals surface area (Å²) in [6, 6.07) is 6.56. The van der Waals surface area contributed by atoms with Crippen molar-refractivity contribution in [1.82, 2.24) is 0 Å². The van der Waals surface area contributed by atoms with Crippen molar-refractivity contribution in [3.8, 4) is 0 Å². The number of benzene rings is 1. The minimum absolute atomic E-state index is 0.944. The SMILES string of the molecule is CCc1cccc(C)c1NCC1CC1. The lowest BCUT2D eigenvalue weighted by Crippen LogP contribution is -2.06. The zero-order valence-corrected chi connectivity index (χ0v) is 9.14. The lowest BCUT2D eigenvalue weighted by molar-refractivity contribution is 0.884. The summed E-state index contributed by atoms with van der Waals surface area (Å²) in [6.07, 6.45) is 3.95. The van der Waals surface area contributed by atoms with Gasteiger partial charge in [0.05, 0.1) is 0 Å². The summed E-state index contributed by atoms with van der Waals surface area (Å²) >= 11 is 0. The molecule has 1 nitrogen and oxygen atoms in total. The van der Waals surface area contributed by atoms with Crippen LogP contribution in [0.4, 0.5) is 5.69 Å². The largest absolute Gasteiger partial charge is 0.384 e. The van der Waals surface area contributed by atoms with E-state index in [2.05, 4.69) is 37.4 Å². The minimum Gasteiger partial charge on any atom is -0.384 e. The van der Waals surface area contributed by atoms with Gasteiger partial charge in [0.1, 0.15) is 0 Å². The van der Waals surface area contributed by atoms with Crippen molar-refractivity contribution in [2.75, 3.05) is 11.9 Å². The van der Waals surface area contributed by atoms with Crippen LogP contribution >= 0.6 is 0 Å². The molecule has 1 N–H and O–H groups in total. The third-order valence-corrected chi connectivity index (χ3v) is 3.00. The van der Waals surface area contributed by atoms with Gasteiger partial charge in [-0.1, -0.05) is 25.1 Å². The van der Waals surface area contributed by atoms with E-state index < -0.39 is 0 Å². The van der Waals surface area contributed by atoms with Gasteiger partial charge in [-0.25, -0.2) is 0 Å². The van der Waals surface area contributed by atoms with E-state index >= 15 is 0 Å². The second-order valence-electron chi connectivity index (χ2n) is 4.29. The molecule has 0 aliphatic heterocycles. The molecule has 1 heteroatoms. The van der Waals surface area contributed by atoms with E-state index in [1.807, 2.05) is 0 Å². The molecule has 1 saturated carbocycles. The summed E-state index contributed by atoms with van der Waals surface area (Å²) in [6.45, 7) is 5.57. The highest BCUT2D eigenvalue weighted by Crippen LogP contribution is 2.30. The van der Waals surface area contributed by atoms with E-state index in [0.29, 0.717) is 0 Å². The molecule has 0 spiro atoms. The van der Waals surface area contributed by atoms with Gasteiger partial charge in [-0.3, -0.25) is 0 Å². The highest BCUT2D eigenvalue weighted by Gasteiger charge is 2.21. The second-order valence-corrected chi connectivity index (χ2v) is 4.29. The Balaban J connectivity index is 2.11. The topological polar surface area (TPSA) is 12.0 Å². The number of hydrogen-bond acceptors (Lipinski definition) is 1. The van der Waals surface area contributed by atoms with Crippen LogP contribution in [0.1, 0.15) is 30.9 Å². The van der Waals surface area contributed by atoms with Gasteiger partial charge in [0.25, 0.3) is 0 Å². The summed E-state index contributed by atoms with van der Waals surface area (Å²) in [7, 11) is 0. The number of hydrogen-bond donors (Lipinski definition) is 1. The van der Waals surface area contributed by atoms with Crippen LogP contribution in [-0.2, 0) is 6.42 Å². The maximum Gasteiger partial charge on any atom is 0.0402 e. The third kappa shape index (κ3) is 2.09. The fraction of sp³-hybridized carbons (Fsp3) is 0.538. The number of anilines is 1. The average Bonchev–Trinajstić information content (AvgIpc) is 2.99. The molecule has 14 heavy (non-hydrogen) atoms. The minimum atomic E-state index is 0.944. The Morgan fingerprint density at radius 2 is 2.14 bits per heavy atom. The first-order chi connectivity index (χ1) is 6.81. The standard InChI is InChI=1S/C13H19N/c1-3-12-6-4-5-10(2)13(12)14-9-11-7-8-11/h4-6,11,14H,3,7-9H2,1-2H3. The third-order valence-electron chi connectivity index (χ3n) is 3.00. The van der Waals surface area contributed by atoms with Crippen molar-refractivity contribution in [3.63, 3.8) is 0 Å². The Morgan fingerprint density at radius 1 is 1.36 bits per heavy atom. The first-order valence-corrected chi connectivity index (χ1v) is 5.63. The van der Waals surface area contributed by atoms with E-state index in [1.54, 1.807) is 0 Å². The smallest absolute Gasteiger partial charge is 0.0402 e. The number of para-hydroxylation sites is 1. The number of aryl methyl sites for hydroxylation is 2. The Morgan fingerprint density at radius 3 is 2.79 bits per heavy atom. The van der Waals surface area contributed by atoms with Crippen molar-refractivity contribution in [2.24, 2.45) is 5.92 Å². The van der Waals surface area contributed by atoms with Gasteiger partial charge in [0.2, 0.25) is 0 Å². The molecule has 1 aliphatic rings. The molecule has 0 saturated heterocycles. The molecule has 0 aromatic heterocycles. The second kappa shape index (κ2) is 4.04. The zero-order valence-electron chi connectivity index (χ0n) is 9.14. The monoisotopic (exact) mass is 189 g/mol. The van der Waals surface area contributed by atoms with Gasteiger partial charge in [-0.05, 0) is 43.2 Å². The van der Waals surface area contributed by atoms with Crippen molar-refractivity contribution >= 4 is 5.69 Å². The van der Waals surface area contributed by atoms with E-state index in [9.17, 15) is 0 Å². The molecule has 76 valence electrons. The van der Waals surface area contributed by atoms with Crippen molar-refractivity contribution in [3.05, 3.63) is 29.3 Å². The normalized spacial score (nSPS) is 15.6. The molecule has 1 aliphatic carbocycles. The van der Waals surface area contributed by atoms with Crippen LogP contribution in [-0.4, -0.2) is 6.54 Å². The first kappa shape index (κ1) is 9.57. The molecule has 0 heterocycles. The molecule has 1 aromatic rings. The fourth-order valence-electron chi connectivity index (χ4n) is 1.84. The van der Waals surface area contributed by atoms with E-state index in [-0.39, 0.29) is 0 Å². The predicted octanol–water partition coefficient (Wildman–Crippen LogP) is 3.38. The van der Waals surface area contributed by atoms with Crippen LogP contribution in [0.15, 0.2) is 18.2 Å². The molecular weight excluding hydrogens is 170 g/mol. The van der Waals surface area contributed by atoms with Crippen molar-refractivity contribution in [2.45, 2.75) is 33.1 Å². The van der Waals surface area contributed by atoms with Crippen LogP contribution in [0.5, 0.6) is 0 Å². The van der Waals surface area contributed by atoms with Crippen LogP contribution in [0.2, 0.25) is 0 Å². The molecular formula is C13H19N. The average molecular weight is 189 g/mol. The molecule has 1 aromatic carbocycles. The quantitative estimate of drug-likeness (QED) is 0.765. The van der Waals surface area contributed by atoms with Gasteiger partial charge in [0.15, 0.2) is 0 Å². The summed E-state index contributed by atoms with van der Waals surface area (Å²) in [5, 5.41) is 3.59. The summed E-state index contributed by atoms with van der Waals surface area (Å²) in [5.41, 5.74) is 4.21. The lowest BCUT2D eigenvalue weighted by atomic mass is 10.1. The Hall–Kier alpha value is -0.980. The molecule has 0 amide bonds. The maximum atomic E-state index is 3.59. The van der Waals surface area contributed by atoms with Gasteiger partial charge in [-0.15, -0.1) is 0 Å². The summed E-state index contributed by atoms with van der Waals surface area (Å²) < 4.78 is 0. The highest BCUT2D eigenvalue weighted by atomic mass is 14.9. The molecule has 0 atom stereocenters. The van der Waals surface area contributed by atoms with Crippen molar-refractivity contribution in [1.29, 1.82) is 0 Å². The van der Waals surface area contributed by atoms with Gasteiger partial charge in [-0.2, -0.15) is 0 Å². The zero-order chi connectivity index (χ0) is 9.97.